The molecule has 0 radical (unpaired) electrons. The SMILES string of the molecule is CCCCCCCOc1ccc(C(=O)[O-])c(-c2ccc(-c3cc(OCCCCCCC)ccc3C(=O)[O-])cc2)c1. The molecule has 6 heteroatoms. The van der Waals surface area contributed by atoms with Crippen molar-refractivity contribution in [3.63, 3.8) is 0 Å². The number of carbonyl (C=O) groups is 2. The Hall–Kier alpha value is -3.80. The first-order valence-electron chi connectivity index (χ1n) is 14.5. The number of hydrogen-bond donors (Lipinski definition) is 0. The van der Waals surface area contributed by atoms with E-state index >= 15 is 0 Å². The Morgan fingerprint density at radius 3 is 1.27 bits per heavy atom. The number of rotatable bonds is 18. The molecule has 0 saturated carbocycles. The van der Waals surface area contributed by atoms with Gasteiger partial charge in [-0.1, -0.05) is 89.5 Å². The first-order chi connectivity index (χ1) is 19.4. The van der Waals surface area contributed by atoms with Gasteiger partial charge in [0.05, 0.1) is 25.2 Å². The molecule has 0 amide bonds. The predicted molar refractivity (Wildman–Crippen MR) is 154 cm³/mol. The van der Waals surface area contributed by atoms with Crippen LogP contribution < -0.4 is 19.7 Å². The molecule has 3 rings (SSSR count). The van der Waals surface area contributed by atoms with Crippen LogP contribution in [0.3, 0.4) is 0 Å². The van der Waals surface area contributed by atoms with Gasteiger partial charge in [0.25, 0.3) is 0 Å². The van der Waals surface area contributed by atoms with Crippen molar-refractivity contribution in [2.24, 2.45) is 0 Å². The number of carboxylic acids is 2. The van der Waals surface area contributed by atoms with E-state index in [-0.39, 0.29) is 11.1 Å². The second-order valence-electron chi connectivity index (χ2n) is 10.1. The van der Waals surface area contributed by atoms with Crippen LogP contribution in [0.5, 0.6) is 11.5 Å². The van der Waals surface area contributed by atoms with E-state index < -0.39 is 11.9 Å². The monoisotopic (exact) mass is 544 g/mol. The lowest BCUT2D eigenvalue weighted by molar-refractivity contribution is -0.256. The molecule has 214 valence electrons. The van der Waals surface area contributed by atoms with Crippen molar-refractivity contribution in [3.8, 4) is 33.8 Å². The Kier molecular flexibility index (Phi) is 12.6. The molecule has 0 fully saturated rings. The summed E-state index contributed by atoms with van der Waals surface area (Å²) in [5, 5.41) is 23.7. The van der Waals surface area contributed by atoms with E-state index in [0.717, 1.165) is 25.7 Å². The standard InChI is InChI=1S/C34H42O6/c1-3-5-7-9-11-21-39-27-17-19-29(33(35)36)31(23-27)25-13-15-26(16-14-25)32-24-28(18-20-30(32)34(37)38)40-22-12-10-8-6-4-2/h13-20,23-24H,3-12,21-22H2,1-2H3,(H,35,36)(H,37,38)/p-2. The maximum Gasteiger partial charge on any atom is 0.119 e. The summed E-state index contributed by atoms with van der Waals surface area (Å²) in [4.78, 5) is 23.7. The third kappa shape index (κ3) is 9.15. The highest BCUT2D eigenvalue weighted by Crippen LogP contribution is 2.33. The molecule has 0 aliphatic carbocycles. The lowest BCUT2D eigenvalue weighted by atomic mass is 9.94. The molecule has 0 unspecified atom stereocenters. The quantitative estimate of drug-likeness (QED) is 0.171. The molecule has 40 heavy (non-hydrogen) atoms. The summed E-state index contributed by atoms with van der Waals surface area (Å²) < 4.78 is 11.8. The largest absolute Gasteiger partial charge is 0.545 e. The highest BCUT2D eigenvalue weighted by Gasteiger charge is 2.12. The molecule has 0 atom stereocenters. The van der Waals surface area contributed by atoms with E-state index in [4.69, 9.17) is 9.47 Å². The van der Waals surface area contributed by atoms with Gasteiger partial charge in [-0.25, -0.2) is 0 Å². The lowest BCUT2D eigenvalue weighted by Gasteiger charge is -2.16. The average molecular weight is 545 g/mol. The van der Waals surface area contributed by atoms with Crippen molar-refractivity contribution in [1.29, 1.82) is 0 Å². The van der Waals surface area contributed by atoms with Gasteiger partial charge >= 0.3 is 0 Å². The normalized spacial score (nSPS) is 10.8. The zero-order valence-electron chi connectivity index (χ0n) is 23.7. The number of benzene rings is 3. The van der Waals surface area contributed by atoms with E-state index in [1.54, 1.807) is 48.5 Å². The van der Waals surface area contributed by atoms with Gasteiger partial charge < -0.3 is 29.3 Å². The minimum absolute atomic E-state index is 0.0628. The molecule has 6 nitrogen and oxygen atoms in total. The number of unbranched alkanes of at least 4 members (excludes halogenated alkanes) is 8. The fourth-order valence-corrected chi connectivity index (χ4v) is 4.68. The second-order valence-corrected chi connectivity index (χ2v) is 10.1. The van der Waals surface area contributed by atoms with Crippen LogP contribution in [0.2, 0.25) is 0 Å². The van der Waals surface area contributed by atoms with Gasteiger partial charge in [-0.05, 0) is 71.5 Å². The summed E-state index contributed by atoms with van der Waals surface area (Å²) in [6.07, 6.45) is 11.2. The molecule has 0 saturated heterocycles. The fraction of sp³-hybridized carbons (Fsp3) is 0.412. The van der Waals surface area contributed by atoms with E-state index in [1.807, 2.05) is 0 Å². The Morgan fingerprint density at radius 2 is 0.925 bits per heavy atom. The van der Waals surface area contributed by atoms with Crippen molar-refractivity contribution in [1.82, 2.24) is 0 Å². The molecule has 3 aromatic carbocycles. The zero-order valence-corrected chi connectivity index (χ0v) is 23.7. The van der Waals surface area contributed by atoms with Crippen LogP contribution in [0.25, 0.3) is 22.3 Å². The smallest absolute Gasteiger partial charge is 0.119 e. The summed E-state index contributed by atoms with van der Waals surface area (Å²) in [5.74, 6) is -1.36. The molecular formula is C34H40O6-2. The summed E-state index contributed by atoms with van der Waals surface area (Å²) in [6, 6.07) is 16.8. The summed E-state index contributed by atoms with van der Waals surface area (Å²) in [5.41, 5.74) is 2.41. The summed E-state index contributed by atoms with van der Waals surface area (Å²) >= 11 is 0. The highest BCUT2D eigenvalue weighted by atomic mass is 16.5. The molecule has 0 heterocycles. The van der Waals surface area contributed by atoms with Crippen LogP contribution in [-0.4, -0.2) is 25.2 Å². The molecule has 0 bridgehead atoms. The lowest BCUT2D eigenvalue weighted by Crippen LogP contribution is -2.23. The van der Waals surface area contributed by atoms with Crippen LogP contribution in [0.1, 0.15) is 98.8 Å². The van der Waals surface area contributed by atoms with Crippen molar-refractivity contribution in [2.45, 2.75) is 78.1 Å². The Bertz CT molecular complexity index is 1140. The van der Waals surface area contributed by atoms with Crippen LogP contribution in [-0.2, 0) is 0 Å². The topological polar surface area (TPSA) is 98.7 Å². The molecule has 3 aromatic rings. The van der Waals surface area contributed by atoms with Crippen LogP contribution in [0, 0.1) is 0 Å². The molecule has 0 spiro atoms. The highest BCUT2D eigenvalue weighted by molar-refractivity contribution is 5.97. The molecule has 0 aliphatic rings. The number of hydrogen-bond acceptors (Lipinski definition) is 6. The third-order valence-electron chi connectivity index (χ3n) is 6.96. The minimum Gasteiger partial charge on any atom is -0.545 e. The fourth-order valence-electron chi connectivity index (χ4n) is 4.68. The summed E-state index contributed by atoms with van der Waals surface area (Å²) in [7, 11) is 0. The number of ether oxygens (including phenoxy) is 2. The second kappa shape index (κ2) is 16.3. The average Bonchev–Trinajstić information content (AvgIpc) is 2.96. The Morgan fingerprint density at radius 1 is 0.550 bits per heavy atom. The van der Waals surface area contributed by atoms with E-state index in [9.17, 15) is 19.8 Å². The third-order valence-corrected chi connectivity index (χ3v) is 6.96. The van der Waals surface area contributed by atoms with Gasteiger partial charge in [0, 0.05) is 11.1 Å². The van der Waals surface area contributed by atoms with Crippen LogP contribution in [0.4, 0.5) is 0 Å². The first-order valence-corrected chi connectivity index (χ1v) is 14.5. The van der Waals surface area contributed by atoms with Crippen LogP contribution >= 0.6 is 0 Å². The van der Waals surface area contributed by atoms with Crippen molar-refractivity contribution >= 4 is 11.9 Å². The van der Waals surface area contributed by atoms with Crippen molar-refractivity contribution in [2.75, 3.05) is 13.2 Å². The number of carbonyl (C=O) groups excluding carboxylic acids is 2. The van der Waals surface area contributed by atoms with E-state index in [1.165, 1.54) is 50.7 Å². The van der Waals surface area contributed by atoms with Gasteiger partial charge in [-0.2, -0.15) is 0 Å². The predicted octanol–water partition coefficient (Wildman–Crippen LogP) is 6.45. The Labute approximate surface area is 238 Å². The minimum atomic E-state index is -1.27. The number of aromatic carboxylic acids is 2. The van der Waals surface area contributed by atoms with Gasteiger partial charge in [0.1, 0.15) is 11.5 Å². The molecule has 0 aliphatic heterocycles. The van der Waals surface area contributed by atoms with Gasteiger partial charge in [0.2, 0.25) is 0 Å². The van der Waals surface area contributed by atoms with Crippen molar-refractivity contribution in [3.05, 3.63) is 71.8 Å². The van der Waals surface area contributed by atoms with E-state index in [2.05, 4.69) is 13.8 Å². The summed E-state index contributed by atoms with van der Waals surface area (Å²) in [6.45, 7) is 5.48. The van der Waals surface area contributed by atoms with E-state index in [0.29, 0.717) is 47.0 Å². The Balaban J connectivity index is 1.78. The molecular weight excluding hydrogens is 504 g/mol. The number of carboxylic acid groups (broad SMARTS) is 2. The van der Waals surface area contributed by atoms with Gasteiger partial charge in [-0.3, -0.25) is 0 Å². The van der Waals surface area contributed by atoms with Crippen molar-refractivity contribution < 1.29 is 29.3 Å². The first kappa shape index (κ1) is 30.7. The van der Waals surface area contributed by atoms with Gasteiger partial charge in [-0.15, -0.1) is 0 Å². The van der Waals surface area contributed by atoms with Gasteiger partial charge in [0.15, 0.2) is 0 Å². The van der Waals surface area contributed by atoms with Crippen LogP contribution in [0.15, 0.2) is 60.7 Å². The zero-order chi connectivity index (χ0) is 28.7. The maximum absolute atomic E-state index is 11.8. The molecule has 0 N–H and O–H groups in total. The molecule has 0 aromatic heterocycles. The maximum atomic E-state index is 11.8.